The fourth-order valence-electron chi connectivity index (χ4n) is 0.654. The smallest absolute Gasteiger partial charge is 0.119 e. The van der Waals surface area contributed by atoms with Gasteiger partial charge in [0.25, 0.3) is 0 Å². The molecule has 9 heavy (non-hydrogen) atoms. The van der Waals surface area contributed by atoms with Crippen LogP contribution in [0.4, 0.5) is 0 Å². The molecule has 0 aliphatic heterocycles. The van der Waals surface area contributed by atoms with E-state index in [1.807, 2.05) is 0 Å². The minimum atomic E-state index is 0. The summed E-state index contributed by atoms with van der Waals surface area (Å²) in [6.07, 6.45) is 6.56. The molecule has 0 unspecified atom stereocenters. The molecule has 0 aromatic carbocycles. The van der Waals surface area contributed by atoms with Crippen LogP contribution >= 0.6 is 12.4 Å². The standard InChI is InChI=1S/C7H14O.ClH/c1-2-3-4-5-6-7-8;/h7H,2-6H2,1H3;1H. The lowest BCUT2D eigenvalue weighted by Gasteiger charge is -1.90. The van der Waals surface area contributed by atoms with Crippen LogP contribution in [0.3, 0.4) is 0 Å². The first-order valence-corrected chi connectivity index (χ1v) is 3.35. The Hall–Kier alpha value is -0.0400. The van der Waals surface area contributed by atoms with E-state index < -0.39 is 0 Å². The molecular weight excluding hydrogens is 136 g/mol. The van der Waals surface area contributed by atoms with Crippen LogP contribution in [0.2, 0.25) is 0 Å². The molecule has 0 radical (unpaired) electrons. The molecule has 2 heteroatoms. The van der Waals surface area contributed by atoms with Gasteiger partial charge in [-0.1, -0.05) is 26.2 Å². The molecule has 0 atom stereocenters. The van der Waals surface area contributed by atoms with E-state index >= 15 is 0 Å². The Morgan fingerprint density at radius 3 is 2.33 bits per heavy atom. The number of carbonyl (C=O) groups is 1. The Bertz CT molecular complexity index is 54.9. The third-order valence-corrected chi connectivity index (χ3v) is 1.18. The Kier molecular flexibility index (Phi) is 14.1. The lowest BCUT2D eigenvalue weighted by Crippen LogP contribution is -1.76. The first-order valence-electron chi connectivity index (χ1n) is 3.35. The highest BCUT2D eigenvalue weighted by Crippen LogP contribution is 1.99. The number of hydrogen-bond donors (Lipinski definition) is 0. The van der Waals surface area contributed by atoms with Gasteiger partial charge in [-0.3, -0.25) is 0 Å². The highest BCUT2D eigenvalue weighted by Gasteiger charge is 1.83. The average Bonchev–Trinajstić information content (AvgIpc) is 1.81. The molecule has 0 bridgehead atoms. The molecule has 0 aliphatic carbocycles. The van der Waals surface area contributed by atoms with Crippen molar-refractivity contribution in [1.82, 2.24) is 0 Å². The summed E-state index contributed by atoms with van der Waals surface area (Å²) in [5.41, 5.74) is 0. The molecule has 0 aromatic heterocycles. The van der Waals surface area contributed by atoms with Gasteiger partial charge in [-0.05, 0) is 6.42 Å². The van der Waals surface area contributed by atoms with Crippen molar-refractivity contribution >= 4 is 18.7 Å². The lowest BCUT2D eigenvalue weighted by atomic mass is 10.2. The zero-order valence-corrected chi connectivity index (χ0v) is 6.75. The number of rotatable bonds is 5. The van der Waals surface area contributed by atoms with Gasteiger partial charge in [-0.2, -0.15) is 0 Å². The third-order valence-electron chi connectivity index (χ3n) is 1.18. The van der Waals surface area contributed by atoms with Gasteiger partial charge < -0.3 is 4.79 Å². The first kappa shape index (κ1) is 11.7. The van der Waals surface area contributed by atoms with Gasteiger partial charge in [0.05, 0.1) is 0 Å². The number of unbranched alkanes of at least 4 members (excludes halogenated alkanes) is 4. The molecule has 0 saturated heterocycles. The van der Waals surface area contributed by atoms with Crippen molar-refractivity contribution in [1.29, 1.82) is 0 Å². The summed E-state index contributed by atoms with van der Waals surface area (Å²) >= 11 is 0. The van der Waals surface area contributed by atoms with Crippen LogP contribution in [-0.2, 0) is 4.79 Å². The van der Waals surface area contributed by atoms with E-state index in [1.54, 1.807) is 0 Å². The van der Waals surface area contributed by atoms with Crippen LogP contribution in [0.15, 0.2) is 0 Å². The van der Waals surface area contributed by atoms with E-state index in [1.165, 1.54) is 19.3 Å². The van der Waals surface area contributed by atoms with Crippen molar-refractivity contribution in [2.45, 2.75) is 39.0 Å². The van der Waals surface area contributed by atoms with Crippen LogP contribution < -0.4 is 0 Å². The highest BCUT2D eigenvalue weighted by molar-refractivity contribution is 5.85. The monoisotopic (exact) mass is 150 g/mol. The Morgan fingerprint density at radius 1 is 1.22 bits per heavy atom. The summed E-state index contributed by atoms with van der Waals surface area (Å²) in [4.78, 5) is 9.77. The summed E-state index contributed by atoms with van der Waals surface area (Å²) < 4.78 is 0. The van der Waals surface area contributed by atoms with Gasteiger partial charge in [-0.25, -0.2) is 0 Å². The molecule has 0 aliphatic rings. The number of aldehydes is 1. The summed E-state index contributed by atoms with van der Waals surface area (Å²) in [7, 11) is 0. The molecule has 0 aromatic rings. The van der Waals surface area contributed by atoms with Gasteiger partial charge in [0, 0.05) is 6.42 Å². The molecule has 1 nitrogen and oxygen atoms in total. The number of hydrogen-bond acceptors (Lipinski definition) is 1. The van der Waals surface area contributed by atoms with Gasteiger partial charge in [0.15, 0.2) is 0 Å². The van der Waals surface area contributed by atoms with Crippen LogP contribution in [0.1, 0.15) is 39.0 Å². The number of halogens is 1. The second-order valence-corrected chi connectivity index (χ2v) is 2.02. The maximum Gasteiger partial charge on any atom is 0.119 e. The molecule has 0 N–H and O–H groups in total. The van der Waals surface area contributed by atoms with E-state index in [9.17, 15) is 4.79 Å². The fourth-order valence-corrected chi connectivity index (χ4v) is 0.654. The molecular formula is C7H15ClO. The minimum absolute atomic E-state index is 0. The van der Waals surface area contributed by atoms with Crippen molar-refractivity contribution in [3.05, 3.63) is 0 Å². The topological polar surface area (TPSA) is 17.1 Å². The second-order valence-electron chi connectivity index (χ2n) is 2.02. The molecule has 0 heterocycles. The van der Waals surface area contributed by atoms with Crippen LogP contribution in [0, 0.1) is 0 Å². The average molecular weight is 151 g/mol. The zero-order valence-electron chi connectivity index (χ0n) is 5.93. The first-order chi connectivity index (χ1) is 3.91. The third kappa shape index (κ3) is 11.5. The van der Waals surface area contributed by atoms with Gasteiger partial charge in [0.2, 0.25) is 0 Å². The maximum absolute atomic E-state index is 9.77. The predicted octanol–water partition coefficient (Wildman–Crippen LogP) is 2.58. The van der Waals surface area contributed by atoms with E-state index in [4.69, 9.17) is 0 Å². The van der Waals surface area contributed by atoms with Crippen LogP contribution in [0.5, 0.6) is 0 Å². The SMILES string of the molecule is CCCCCCC=O.Cl. The minimum Gasteiger partial charge on any atom is -0.303 e. The lowest BCUT2D eigenvalue weighted by molar-refractivity contribution is -0.107. The van der Waals surface area contributed by atoms with Gasteiger partial charge in [0.1, 0.15) is 6.29 Å². The van der Waals surface area contributed by atoms with E-state index in [0.717, 1.165) is 19.1 Å². The normalized spacial score (nSPS) is 8.11. The van der Waals surface area contributed by atoms with Crippen molar-refractivity contribution < 1.29 is 4.79 Å². The van der Waals surface area contributed by atoms with Crippen LogP contribution in [0.25, 0.3) is 0 Å². The van der Waals surface area contributed by atoms with Gasteiger partial charge in [-0.15, -0.1) is 12.4 Å². The van der Waals surface area contributed by atoms with Crippen molar-refractivity contribution in [3.8, 4) is 0 Å². The molecule has 0 amide bonds. The zero-order chi connectivity index (χ0) is 6.24. The summed E-state index contributed by atoms with van der Waals surface area (Å²) in [5, 5.41) is 0. The quantitative estimate of drug-likeness (QED) is 0.435. The van der Waals surface area contributed by atoms with E-state index in [2.05, 4.69) is 6.92 Å². The summed E-state index contributed by atoms with van der Waals surface area (Å²) in [5.74, 6) is 0. The second kappa shape index (κ2) is 10.9. The van der Waals surface area contributed by atoms with Gasteiger partial charge >= 0.3 is 0 Å². The summed E-state index contributed by atoms with van der Waals surface area (Å²) in [6, 6.07) is 0. The molecule has 0 saturated carbocycles. The van der Waals surface area contributed by atoms with Crippen molar-refractivity contribution in [2.75, 3.05) is 0 Å². The molecule has 0 fully saturated rings. The van der Waals surface area contributed by atoms with E-state index in [-0.39, 0.29) is 12.4 Å². The molecule has 56 valence electrons. The highest BCUT2D eigenvalue weighted by atomic mass is 35.5. The predicted molar refractivity (Wildman–Crippen MR) is 42.1 cm³/mol. The Labute approximate surface area is 63.2 Å². The Morgan fingerprint density at radius 2 is 1.89 bits per heavy atom. The largest absolute Gasteiger partial charge is 0.303 e. The summed E-state index contributed by atoms with van der Waals surface area (Å²) in [6.45, 7) is 2.17. The van der Waals surface area contributed by atoms with Crippen molar-refractivity contribution in [2.24, 2.45) is 0 Å². The fraction of sp³-hybridized carbons (Fsp3) is 0.857. The Balaban J connectivity index is 0. The van der Waals surface area contributed by atoms with Crippen molar-refractivity contribution in [3.63, 3.8) is 0 Å². The maximum atomic E-state index is 9.77. The molecule has 0 rings (SSSR count). The van der Waals surface area contributed by atoms with E-state index in [0.29, 0.717) is 0 Å². The molecule has 0 spiro atoms. The number of carbonyl (C=O) groups excluding carboxylic acids is 1. The van der Waals surface area contributed by atoms with Crippen LogP contribution in [-0.4, -0.2) is 6.29 Å².